The molecule has 3 atom stereocenters. The molecule has 0 saturated heterocycles. The number of esters is 1. The highest BCUT2D eigenvalue weighted by molar-refractivity contribution is 5.81. The van der Waals surface area contributed by atoms with Crippen LogP contribution in [0, 0.1) is 23.7 Å². The van der Waals surface area contributed by atoms with Crippen molar-refractivity contribution in [2.75, 3.05) is 0 Å². The van der Waals surface area contributed by atoms with E-state index < -0.39 is 17.8 Å². The summed E-state index contributed by atoms with van der Waals surface area (Å²) in [6.45, 7) is 8.45. The predicted molar refractivity (Wildman–Crippen MR) is 86.4 cm³/mol. The fraction of sp³-hybridized carbons (Fsp3) is 0.778. The van der Waals surface area contributed by atoms with Gasteiger partial charge in [0.05, 0.1) is 11.8 Å². The molecule has 4 heteroatoms. The van der Waals surface area contributed by atoms with Crippen molar-refractivity contribution in [3.8, 4) is 0 Å². The lowest BCUT2D eigenvalue weighted by molar-refractivity contribution is -0.164. The van der Waals surface area contributed by atoms with Gasteiger partial charge in [-0.15, -0.1) is 0 Å². The van der Waals surface area contributed by atoms with Crippen LogP contribution in [0.3, 0.4) is 0 Å². The van der Waals surface area contributed by atoms with Crippen LogP contribution in [0.2, 0.25) is 0 Å². The normalized spacial score (nSPS) is 22.8. The van der Waals surface area contributed by atoms with Crippen LogP contribution in [-0.2, 0) is 14.3 Å². The topological polar surface area (TPSA) is 63.6 Å². The minimum Gasteiger partial charge on any atom is -0.481 e. The molecule has 126 valence electrons. The van der Waals surface area contributed by atoms with Crippen molar-refractivity contribution in [2.45, 2.75) is 65.9 Å². The summed E-state index contributed by atoms with van der Waals surface area (Å²) in [6.07, 6.45) is 7.47. The molecule has 0 radical (unpaired) electrons. The lowest BCUT2D eigenvalue weighted by Crippen LogP contribution is -2.35. The van der Waals surface area contributed by atoms with Crippen LogP contribution in [0.15, 0.2) is 12.2 Å². The molecule has 0 spiro atoms. The molecule has 0 bridgehead atoms. The predicted octanol–water partition coefficient (Wildman–Crippen LogP) is 4.05. The first kappa shape index (κ1) is 18.7. The molecule has 0 aromatic carbocycles. The van der Waals surface area contributed by atoms with E-state index in [1.807, 2.05) is 26.0 Å². The number of carbonyl (C=O) groups excluding carboxylic acids is 1. The molecular formula is C18H30O4. The van der Waals surface area contributed by atoms with E-state index in [9.17, 15) is 14.7 Å². The van der Waals surface area contributed by atoms with Crippen LogP contribution in [0.5, 0.6) is 0 Å². The van der Waals surface area contributed by atoms with Crippen LogP contribution in [0.4, 0.5) is 0 Å². The van der Waals surface area contributed by atoms with Crippen LogP contribution in [-0.4, -0.2) is 23.1 Å². The molecule has 4 nitrogen and oxygen atoms in total. The van der Waals surface area contributed by atoms with Crippen molar-refractivity contribution in [3.63, 3.8) is 0 Å². The van der Waals surface area contributed by atoms with E-state index in [1.54, 1.807) is 0 Å². The van der Waals surface area contributed by atoms with Crippen molar-refractivity contribution in [3.05, 3.63) is 12.2 Å². The fourth-order valence-electron chi connectivity index (χ4n) is 2.84. The van der Waals surface area contributed by atoms with Crippen LogP contribution < -0.4 is 0 Å². The summed E-state index contributed by atoms with van der Waals surface area (Å²) >= 11 is 0. The number of aliphatic carboxylic acids is 1. The zero-order valence-corrected chi connectivity index (χ0v) is 14.2. The third-order valence-corrected chi connectivity index (χ3v) is 4.33. The lowest BCUT2D eigenvalue weighted by atomic mass is 9.83. The maximum absolute atomic E-state index is 12.4. The summed E-state index contributed by atoms with van der Waals surface area (Å²) in [5, 5.41) is 9.26. The molecular weight excluding hydrogens is 280 g/mol. The van der Waals surface area contributed by atoms with Gasteiger partial charge >= 0.3 is 11.9 Å². The molecule has 3 unspecified atom stereocenters. The Bertz CT molecular complexity index is 398. The number of rotatable bonds is 8. The Morgan fingerprint density at radius 3 is 2.18 bits per heavy atom. The Kier molecular flexibility index (Phi) is 7.63. The van der Waals surface area contributed by atoms with Crippen molar-refractivity contribution in [2.24, 2.45) is 23.7 Å². The van der Waals surface area contributed by atoms with Crippen LogP contribution >= 0.6 is 0 Å². The number of allylic oxidation sites excluding steroid dienone is 2. The highest BCUT2D eigenvalue weighted by Gasteiger charge is 2.36. The van der Waals surface area contributed by atoms with Crippen molar-refractivity contribution in [1.29, 1.82) is 0 Å². The molecule has 0 amide bonds. The highest BCUT2D eigenvalue weighted by atomic mass is 16.5. The fourth-order valence-corrected chi connectivity index (χ4v) is 2.84. The van der Waals surface area contributed by atoms with E-state index in [0.717, 1.165) is 19.3 Å². The monoisotopic (exact) mass is 310 g/mol. The van der Waals surface area contributed by atoms with E-state index in [-0.39, 0.29) is 18.0 Å². The number of hydrogen-bond donors (Lipinski definition) is 1. The van der Waals surface area contributed by atoms with E-state index in [0.29, 0.717) is 18.8 Å². The number of carboxylic acids is 1. The standard InChI is InChI=1S/C18H30O4/c1-12(2)8-7-11-16(13(3)4)22-18(21)15-10-6-5-9-14(15)17(19)20/h5-6,12-16H,7-11H2,1-4H3,(H,19,20). The first-order chi connectivity index (χ1) is 10.3. The molecule has 0 aromatic rings. The van der Waals surface area contributed by atoms with Gasteiger partial charge in [0.1, 0.15) is 6.10 Å². The summed E-state index contributed by atoms with van der Waals surface area (Å²) in [6, 6.07) is 0. The number of hydrogen-bond acceptors (Lipinski definition) is 3. The Hall–Kier alpha value is -1.32. The summed E-state index contributed by atoms with van der Waals surface area (Å²) in [5.41, 5.74) is 0. The molecule has 1 N–H and O–H groups in total. The molecule has 22 heavy (non-hydrogen) atoms. The quantitative estimate of drug-likeness (QED) is 0.542. The number of carboxylic acid groups (broad SMARTS) is 1. The molecule has 1 rings (SSSR count). The van der Waals surface area contributed by atoms with Gasteiger partial charge in [0.2, 0.25) is 0 Å². The van der Waals surface area contributed by atoms with Gasteiger partial charge in [-0.05, 0) is 37.5 Å². The van der Waals surface area contributed by atoms with Gasteiger partial charge in [-0.3, -0.25) is 9.59 Å². The Balaban J connectivity index is 2.61. The van der Waals surface area contributed by atoms with Gasteiger partial charge in [0, 0.05) is 0 Å². The molecule has 0 fully saturated rings. The van der Waals surface area contributed by atoms with Gasteiger partial charge in [-0.2, -0.15) is 0 Å². The second-order valence-electron chi connectivity index (χ2n) is 7.04. The van der Waals surface area contributed by atoms with Gasteiger partial charge in [0.15, 0.2) is 0 Å². The van der Waals surface area contributed by atoms with Gasteiger partial charge < -0.3 is 9.84 Å². The van der Waals surface area contributed by atoms with E-state index >= 15 is 0 Å². The summed E-state index contributed by atoms with van der Waals surface area (Å²) in [5.74, 6) is -1.57. The molecule has 0 aromatic heterocycles. The van der Waals surface area contributed by atoms with E-state index in [2.05, 4.69) is 13.8 Å². The second kappa shape index (κ2) is 8.96. The third kappa shape index (κ3) is 5.82. The molecule has 0 aliphatic heterocycles. The minimum absolute atomic E-state index is 0.119. The largest absolute Gasteiger partial charge is 0.481 e. The summed E-state index contributed by atoms with van der Waals surface area (Å²) < 4.78 is 5.68. The average molecular weight is 310 g/mol. The molecule has 1 aliphatic carbocycles. The van der Waals surface area contributed by atoms with E-state index in [4.69, 9.17) is 4.74 Å². The summed E-state index contributed by atoms with van der Waals surface area (Å²) in [7, 11) is 0. The Morgan fingerprint density at radius 2 is 1.68 bits per heavy atom. The maximum Gasteiger partial charge on any atom is 0.310 e. The van der Waals surface area contributed by atoms with Gasteiger partial charge in [-0.1, -0.05) is 46.3 Å². The minimum atomic E-state index is -0.910. The molecule has 0 saturated carbocycles. The number of ether oxygens (including phenoxy) is 1. The van der Waals surface area contributed by atoms with Crippen molar-refractivity contribution >= 4 is 11.9 Å². The van der Waals surface area contributed by atoms with Crippen LogP contribution in [0.25, 0.3) is 0 Å². The first-order valence-corrected chi connectivity index (χ1v) is 8.41. The van der Waals surface area contributed by atoms with Crippen molar-refractivity contribution in [1.82, 2.24) is 0 Å². The highest BCUT2D eigenvalue weighted by Crippen LogP contribution is 2.28. The van der Waals surface area contributed by atoms with Gasteiger partial charge in [0.25, 0.3) is 0 Å². The Labute approximate surface area is 133 Å². The first-order valence-electron chi connectivity index (χ1n) is 8.41. The number of carbonyl (C=O) groups is 2. The molecule has 1 aliphatic rings. The summed E-state index contributed by atoms with van der Waals surface area (Å²) in [4.78, 5) is 23.7. The van der Waals surface area contributed by atoms with Crippen LogP contribution in [0.1, 0.15) is 59.8 Å². The average Bonchev–Trinajstić information content (AvgIpc) is 2.45. The zero-order chi connectivity index (χ0) is 16.7. The smallest absolute Gasteiger partial charge is 0.310 e. The van der Waals surface area contributed by atoms with E-state index in [1.165, 1.54) is 0 Å². The van der Waals surface area contributed by atoms with Crippen molar-refractivity contribution < 1.29 is 19.4 Å². The zero-order valence-electron chi connectivity index (χ0n) is 14.2. The SMILES string of the molecule is CC(C)CCCC(OC(=O)C1CC=CCC1C(=O)O)C(C)C. The third-order valence-electron chi connectivity index (χ3n) is 4.33. The lowest BCUT2D eigenvalue weighted by Gasteiger charge is -2.28. The maximum atomic E-state index is 12.4. The Morgan fingerprint density at radius 1 is 1.09 bits per heavy atom. The van der Waals surface area contributed by atoms with Gasteiger partial charge in [-0.25, -0.2) is 0 Å². The molecule has 0 heterocycles. The second-order valence-corrected chi connectivity index (χ2v) is 7.04.